The Labute approximate surface area is 116 Å². The molecule has 2 N–H and O–H groups in total. The second-order valence-electron chi connectivity index (χ2n) is 4.82. The summed E-state index contributed by atoms with van der Waals surface area (Å²) < 4.78 is 0. The van der Waals surface area contributed by atoms with Crippen molar-refractivity contribution in [3.63, 3.8) is 0 Å². The molecule has 0 rings (SSSR count). The van der Waals surface area contributed by atoms with E-state index in [1.807, 2.05) is 13.0 Å². The summed E-state index contributed by atoms with van der Waals surface area (Å²) in [5, 5.41) is 5.25. The summed E-state index contributed by atoms with van der Waals surface area (Å²) in [4.78, 5) is 22.8. The maximum atomic E-state index is 11.6. The fourth-order valence-corrected chi connectivity index (χ4v) is 1.59. The lowest BCUT2D eigenvalue weighted by atomic mass is 9.99. The van der Waals surface area contributed by atoms with Crippen LogP contribution < -0.4 is 10.6 Å². The highest BCUT2D eigenvalue weighted by Crippen LogP contribution is 2.13. The summed E-state index contributed by atoms with van der Waals surface area (Å²) in [6.45, 7) is 11.3. The maximum Gasteiger partial charge on any atom is 0.246 e. The van der Waals surface area contributed by atoms with E-state index in [-0.39, 0.29) is 18.4 Å². The Morgan fingerprint density at radius 1 is 1.21 bits per heavy atom. The minimum atomic E-state index is -0.297. The first-order valence-corrected chi connectivity index (χ1v) is 6.80. The number of nitrogens with one attached hydrogen (secondary N) is 2. The standard InChI is InChI=1S/C15H26N2O2/c1-6-13(7-2)9-8-12(5)17-14(18)10-16-15(19)11(3)4/h8,13H,3,6-7,9-10H2,1-2,4-5H3,(H,16,19)(H,17,18)/b12-8-. The van der Waals surface area contributed by atoms with Crippen LogP contribution in [0.15, 0.2) is 23.9 Å². The molecule has 0 saturated heterocycles. The van der Waals surface area contributed by atoms with Gasteiger partial charge in [0.15, 0.2) is 0 Å². The van der Waals surface area contributed by atoms with Crippen LogP contribution in [0, 0.1) is 5.92 Å². The zero-order valence-electron chi connectivity index (χ0n) is 12.5. The molecule has 0 unspecified atom stereocenters. The molecule has 0 aromatic carbocycles. The van der Waals surface area contributed by atoms with Gasteiger partial charge in [-0.25, -0.2) is 0 Å². The van der Waals surface area contributed by atoms with Gasteiger partial charge in [-0.2, -0.15) is 0 Å². The molecular formula is C15H26N2O2. The molecule has 0 bridgehead atoms. The maximum absolute atomic E-state index is 11.6. The number of allylic oxidation sites excluding steroid dienone is 2. The molecule has 0 aliphatic rings. The van der Waals surface area contributed by atoms with Crippen LogP contribution in [-0.2, 0) is 9.59 Å². The van der Waals surface area contributed by atoms with E-state index in [0.29, 0.717) is 11.5 Å². The molecular weight excluding hydrogens is 240 g/mol. The highest BCUT2D eigenvalue weighted by atomic mass is 16.2. The van der Waals surface area contributed by atoms with Gasteiger partial charge < -0.3 is 10.6 Å². The van der Waals surface area contributed by atoms with Crippen LogP contribution in [0.5, 0.6) is 0 Å². The molecule has 0 aliphatic carbocycles. The number of carbonyl (C=O) groups is 2. The molecule has 0 saturated carbocycles. The van der Waals surface area contributed by atoms with Gasteiger partial charge >= 0.3 is 0 Å². The summed E-state index contributed by atoms with van der Waals surface area (Å²) >= 11 is 0. The van der Waals surface area contributed by atoms with E-state index in [1.54, 1.807) is 6.92 Å². The second kappa shape index (κ2) is 9.36. The fourth-order valence-electron chi connectivity index (χ4n) is 1.59. The highest BCUT2D eigenvalue weighted by Gasteiger charge is 2.06. The monoisotopic (exact) mass is 266 g/mol. The third-order valence-electron chi connectivity index (χ3n) is 3.05. The lowest BCUT2D eigenvalue weighted by molar-refractivity contribution is -0.123. The average molecular weight is 266 g/mol. The molecule has 0 aromatic heterocycles. The molecule has 0 fully saturated rings. The van der Waals surface area contributed by atoms with Gasteiger partial charge in [-0.05, 0) is 26.2 Å². The molecule has 2 amide bonds. The predicted octanol–water partition coefficient (Wildman–Crippen LogP) is 2.53. The van der Waals surface area contributed by atoms with Crippen LogP contribution >= 0.6 is 0 Å². The van der Waals surface area contributed by atoms with Gasteiger partial charge in [0.25, 0.3) is 0 Å². The Balaban J connectivity index is 4.08. The molecule has 0 aromatic rings. The van der Waals surface area contributed by atoms with Crippen molar-refractivity contribution in [2.75, 3.05) is 6.54 Å². The van der Waals surface area contributed by atoms with Crippen molar-refractivity contribution in [2.45, 2.75) is 47.0 Å². The van der Waals surface area contributed by atoms with Crippen molar-refractivity contribution in [3.05, 3.63) is 23.9 Å². The average Bonchev–Trinajstić information content (AvgIpc) is 2.36. The first-order valence-electron chi connectivity index (χ1n) is 6.80. The Bertz CT molecular complexity index is 355. The molecule has 108 valence electrons. The van der Waals surface area contributed by atoms with E-state index in [0.717, 1.165) is 25.0 Å². The van der Waals surface area contributed by atoms with Gasteiger partial charge in [-0.1, -0.05) is 39.3 Å². The fraction of sp³-hybridized carbons (Fsp3) is 0.600. The summed E-state index contributed by atoms with van der Waals surface area (Å²) in [6, 6.07) is 0. The van der Waals surface area contributed by atoms with Crippen LogP contribution in [0.25, 0.3) is 0 Å². The molecule has 0 spiro atoms. The van der Waals surface area contributed by atoms with Crippen LogP contribution in [0.3, 0.4) is 0 Å². The first-order chi connectivity index (χ1) is 8.90. The van der Waals surface area contributed by atoms with Crippen molar-refractivity contribution in [1.29, 1.82) is 0 Å². The molecule has 0 radical (unpaired) electrons. The normalized spacial score (nSPS) is 11.3. The summed E-state index contributed by atoms with van der Waals surface area (Å²) in [6.07, 6.45) is 5.29. The van der Waals surface area contributed by atoms with E-state index in [9.17, 15) is 9.59 Å². The molecule has 0 aliphatic heterocycles. The smallest absolute Gasteiger partial charge is 0.246 e. The van der Waals surface area contributed by atoms with E-state index >= 15 is 0 Å². The van der Waals surface area contributed by atoms with E-state index < -0.39 is 0 Å². The lowest BCUT2D eigenvalue weighted by Crippen LogP contribution is -2.36. The molecule has 19 heavy (non-hydrogen) atoms. The molecule has 4 heteroatoms. The Hall–Kier alpha value is -1.58. The van der Waals surface area contributed by atoms with Gasteiger partial charge in [-0.15, -0.1) is 0 Å². The van der Waals surface area contributed by atoms with Crippen molar-refractivity contribution in [1.82, 2.24) is 10.6 Å². The first kappa shape index (κ1) is 17.4. The van der Waals surface area contributed by atoms with Crippen LogP contribution in [0.1, 0.15) is 47.0 Å². The van der Waals surface area contributed by atoms with Gasteiger partial charge in [-0.3, -0.25) is 9.59 Å². The Morgan fingerprint density at radius 3 is 2.26 bits per heavy atom. The quantitative estimate of drug-likeness (QED) is 0.663. The number of hydrogen-bond donors (Lipinski definition) is 2. The zero-order valence-corrected chi connectivity index (χ0v) is 12.5. The summed E-state index contributed by atoms with van der Waals surface area (Å²) in [5.74, 6) is 0.150. The van der Waals surface area contributed by atoms with Crippen LogP contribution in [0.4, 0.5) is 0 Å². The van der Waals surface area contributed by atoms with Crippen molar-refractivity contribution >= 4 is 11.8 Å². The third kappa shape index (κ3) is 8.19. The van der Waals surface area contributed by atoms with Crippen molar-refractivity contribution in [2.24, 2.45) is 5.92 Å². The van der Waals surface area contributed by atoms with Gasteiger partial charge in [0.1, 0.15) is 0 Å². The number of amides is 2. The van der Waals surface area contributed by atoms with Crippen molar-refractivity contribution in [3.8, 4) is 0 Å². The number of hydrogen-bond acceptors (Lipinski definition) is 2. The summed E-state index contributed by atoms with van der Waals surface area (Å²) in [5.41, 5.74) is 1.23. The molecule has 4 nitrogen and oxygen atoms in total. The lowest BCUT2D eigenvalue weighted by Gasteiger charge is -2.11. The molecule has 0 atom stereocenters. The largest absolute Gasteiger partial charge is 0.343 e. The predicted molar refractivity (Wildman–Crippen MR) is 78.4 cm³/mol. The van der Waals surface area contributed by atoms with Crippen molar-refractivity contribution < 1.29 is 9.59 Å². The highest BCUT2D eigenvalue weighted by molar-refractivity contribution is 5.94. The van der Waals surface area contributed by atoms with Gasteiger partial charge in [0.05, 0.1) is 6.54 Å². The van der Waals surface area contributed by atoms with Crippen LogP contribution in [0.2, 0.25) is 0 Å². The van der Waals surface area contributed by atoms with E-state index in [2.05, 4.69) is 31.1 Å². The van der Waals surface area contributed by atoms with E-state index in [1.165, 1.54) is 0 Å². The summed E-state index contributed by atoms with van der Waals surface area (Å²) in [7, 11) is 0. The van der Waals surface area contributed by atoms with Gasteiger partial charge in [0.2, 0.25) is 11.8 Å². The Kier molecular flexibility index (Phi) is 8.58. The topological polar surface area (TPSA) is 58.2 Å². The SMILES string of the molecule is C=C(C)C(=O)NCC(=O)N/C(C)=C\CC(CC)CC. The minimum Gasteiger partial charge on any atom is -0.343 e. The van der Waals surface area contributed by atoms with Gasteiger partial charge in [0, 0.05) is 11.3 Å². The number of rotatable bonds is 8. The van der Waals surface area contributed by atoms with E-state index in [4.69, 9.17) is 0 Å². The zero-order chi connectivity index (χ0) is 14.8. The number of carbonyl (C=O) groups excluding carboxylic acids is 2. The third-order valence-corrected chi connectivity index (χ3v) is 3.05. The minimum absolute atomic E-state index is 0.0259. The second-order valence-corrected chi connectivity index (χ2v) is 4.82. The molecule has 0 heterocycles. The van der Waals surface area contributed by atoms with Crippen LogP contribution in [-0.4, -0.2) is 18.4 Å². The Morgan fingerprint density at radius 2 is 1.79 bits per heavy atom.